The minimum atomic E-state index is 0.285. The second-order valence-corrected chi connectivity index (χ2v) is 5.56. The maximum Gasteiger partial charge on any atom is 0.224 e. The molecular formula is C16H24N2O. The van der Waals surface area contributed by atoms with Crippen molar-refractivity contribution in [2.75, 3.05) is 25.0 Å². The zero-order valence-electron chi connectivity index (χ0n) is 12.0. The van der Waals surface area contributed by atoms with Crippen LogP contribution in [-0.2, 0) is 4.79 Å². The molecule has 2 rings (SSSR count). The van der Waals surface area contributed by atoms with Gasteiger partial charge in [0.1, 0.15) is 0 Å². The fourth-order valence-electron chi connectivity index (χ4n) is 2.49. The van der Waals surface area contributed by atoms with E-state index in [4.69, 9.17) is 0 Å². The molecular weight excluding hydrogens is 236 g/mol. The predicted octanol–water partition coefficient (Wildman–Crippen LogP) is 3.06. The van der Waals surface area contributed by atoms with E-state index in [-0.39, 0.29) is 5.91 Å². The summed E-state index contributed by atoms with van der Waals surface area (Å²) in [4.78, 5) is 14.1. The maximum absolute atomic E-state index is 12.1. The third-order valence-corrected chi connectivity index (χ3v) is 3.94. The van der Waals surface area contributed by atoms with Gasteiger partial charge in [-0.1, -0.05) is 25.1 Å². The number of carbonyl (C=O) groups excluding carboxylic acids is 1. The van der Waals surface area contributed by atoms with Crippen LogP contribution >= 0.6 is 0 Å². The highest BCUT2D eigenvalue weighted by Crippen LogP contribution is 2.17. The lowest BCUT2D eigenvalue weighted by Gasteiger charge is -2.30. The molecule has 1 saturated heterocycles. The second kappa shape index (κ2) is 6.60. The Balaban J connectivity index is 1.74. The quantitative estimate of drug-likeness (QED) is 0.902. The fourth-order valence-corrected chi connectivity index (χ4v) is 2.49. The van der Waals surface area contributed by atoms with E-state index in [1.54, 1.807) is 0 Å². The van der Waals surface area contributed by atoms with Crippen LogP contribution in [0.2, 0.25) is 0 Å². The smallest absolute Gasteiger partial charge is 0.224 e. The van der Waals surface area contributed by atoms with Crippen molar-refractivity contribution in [3.63, 3.8) is 0 Å². The van der Waals surface area contributed by atoms with E-state index < -0.39 is 0 Å². The van der Waals surface area contributed by atoms with Crippen molar-refractivity contribution in [3.8, 4) is 0 Å². The van der Waals surface area contributed by atoms with Crippen LogP contribution in [0, 0.1) is 12.8 Å². The lowest BCUT2D eigenvalue weighted by molar-refractivity contribution is -0.132. The molecule has 0 spiro atoms. The summed E-state index contributed by atoms with van der Waals surface area (Å²) >= 11 is 0. The highest BCUT2D eigenvalue weighted by Gasteiger charge is 2.19. The number of nitrogens with zero attached hydrogens (tertiary/aromatic N) is 1. The van der Waals surface area contributed by atoms with Gasteiger partial charge in [0.25, 0.3) is 0 Å². The number of hydrogen-bond donors (Lipinski definition) is 1. The van der Waals surface area contributed by atoms with Gasteiger partial charge in [-0.25, -0.2) is 0 Å². The fraction of sp³-hybridized carbons (Fsp3) is 0.562. The number of nitrogens with one attached hydrogen (secondary N) is 1. The number of hydrogen-bond acceptors (Lipinski definition) is 2. The molecule has 3 heteroatoms. The Bertz CT molecular complexity index is 423. The van der Waals surface area contributed by atoms with Crippen LogP contribution in [0.1, 0.15) is 31.7 Å². The number of anilines is 1. The van der Waals surface area contributed by atoms with Gasteiger partial charge in [-0.2, -0.15) is 0 Å². The van der Waals surface area contributed by atoms with Gasteiger partial charge in [-0.05, 0) is 37.3 Å². The van der Waals surface area contributed by atoms with E-state index in [9.17, 15) is 4.79 Å². The van der Waals surface area contributed by atoms with Crippen molar-refractivity contribution in [1.29, 1.82) is 0 Å². The number of likely N-dealkylation sites (tertiary alicyclic amines) is 1. The molecule has 0 saturated carbocycles. The summed E-state index contributed by atoms with van der Waals surface area (Å²) in [6.45, 7) is 6.93. The monoisotopic (exact) mass is 260 g/mol. The number of piperidine rings is 1. The normalized spacial score (nSPS) is 16.4. The highest BCUT2D eigenvalue weighted by atomic mass is 16.2. The number of aryl methyl sites for hydroxylation is 1. The summed E-state index contributed by atoms with van der Waals surface area (Å²) in [6, 6.07) is 8.18. The van der Waals surface area contributed by atoms with E-state index >= 15 is 0 Å². The minimum Gasteiger partial charge on any atom is -0.384 e. The van der Waals surface area contributed by atoms with Crippen molar-refractivity contribution in [1.82, 2.24) is 4.90 Å². The molecule has 0 radical (unpaired) electrons. The van der Waals surface area contributed by atoms with Gasteiger partial charge in [0, 0.05) is 31.7 Å². The van der Waals surface area contributed by atoms with Crippen LogP contribution in [0.4, 0.5) is 5.69 Å². The Kier molecular flexibility index (Phi) is 4.83. The van der Waals surface area contributed by atoms with Crippen LogP contribution in [0.25, 0.3) is 0 Å². The van der Waals surface area contributed by atoms with Crippen LogP contribution in [0.3, 0.4) is 0 Å². The molecule has 1 aliphatic rings. The van der Waals surface area contributed by atoms with Gasteiger partial charge in [0.15, 0.2) is 0 Å². The Hall–Kier alpha value is -1.51. The number of carbonyl (C=O) groups is 1. The van der Waals surface area contributed by atoms with Crippen LogP contribution in [0.15, 0.2) is 24.3 Å². The molecule has 1 fully saturated rings. The molecule has 19 heavy (non-hydrogen) atoms. The summed E-state index contributed by atoms with van der Waals surface area (Å²) in [5.74, 6) is 1.06. The molecule has 0 aromatic heterocycles. The predicted molar refractivity (Wildman–Crippen MR) is 79.3 cm³/mol. The SMILES string of the molecule is Cc1ccccc1NCCC(=O)N1CCC(C)CC1. The van der Waals surface area contributed by atoms with E-state index in [0.717, 1.165) is 44.1 Å². The molecule has 1 N–H and O–H groups in total. The molecule has 0 atom stereocenters. The Labute approximate surface area is 116 Å². The Morgan fingerprint density at radius 2 is 2.00 bits per heavy atom. The number of amides is 1. The minimum absolute atomic E-state index is 0.285. The number of para-hydroxylation sites is 1. The molecule has 0 aliphatic carbocycles. The first kappa shape index (κ1) is 13.9. The molecule has 1 aromatic rings. The number of benzene rings is 1. The average molecular weight is 260 g/mol. The van der Waals surface area contributed by atoms with Crippen LogP contribution in [0.5, 0.6) is 0 Å². The third-order valence-electron chi connectivity index (χ3n) is 3.94. The van der Waals surface area contributed by atoms with Crippen molar-refractivity contribution < 1.29 is 4.79 Å². The average Bonchev–Trinajstić information content (AvgIpc) is 2.41. The molecule has 104 valence electrons. The second-order valence-electron chi connectivity index (χ2n) is 5.56. The Morgan fingerprint density at radius 3 is 2.68 bits per heavy atom. The molecule has 0 unspecified atom stereocenters. The Morgan fingerprint density at radius 1 is 1.32 bits per heavy atom. The molecule has 1 aromatic carbocycles. The topological polar surface area (TPSA) is 32.3 Å². The zero-order chi connectivity index (χ0) is 13.7. The summed E-state index contributed by atoms with van der Waals surface area (Å²) in [5.41, 5.74) is 2.35. The van der Waals surface area contributed by atoms with Crippen molar-refractivity contribution in [3.05, 3.63) is 29.8 Å². The lowest BCUT2D eigenvalue weighted by atomic mass is 9.99. The lowest BCUT2D eigenvalue weighted by Crippen LogP contribution is -2.38. The largest absolute Gasteiger partial charge is 0.384 e. The molecule has 1 amide bonds. The summed E-state index contributed by atoms with van der Waals surface area (Å²) in [7, 11) is 0. The maximum atomic E-state index is 12.1. The van der Waals surface area contributed by atoms with Crippen molar-refractivity contribution in [2.24, 2.45) is 5.92 Å². The van der Waals surface area contributed by atoms with Gasteiger partial charge >= 0.3 is 0 Å². The summed E-state index contributed by atoms with van der Waals surface area (Å²) in [5, 5.41) is 3.34. The van der Waals surface area contributed by atoms with Gasteiger partial charge in [0.2, 0.25) is 5.91 Å². The number of rotatable bonds is 4. The van der Waals surface area contributed by atoms with Crippen molar-refractivity contribution in [2.45, 2.75) is 33.1 Å². The van der Waals surface area contributed by atoms with Crippen molar-refractivity contribution >= 4 is 11.6 Å². The molecule has 1 heterocycles. The summed E-state index contributed by atoms with van der Waals surface area (Å²) < 4.78 is 0. The van der Waals surface area contributed by atoms with Gasteiger partial charge in [-0.3, -0.25) is 4.79 Å². The summed E-state index contributed by atoms with van der Waals surface area (Å²) in [6.07, 6.45) is 2.89. The molecule has 1 aliphatic heterocycles. The van der Waals surface area contributed by atoms with Gasteiger partial charge in [-0.15, -0.1) is 0 Å². The van der Waals surface area contributed by atoms with Gasteiger partial charge in [0.05, 0.1) is 0 Å². The first-order valence-electron chi connectivity index (χ1n) is 7.24. The molecule has 3 nitrogen and oxygen atoms in total. The van der Waals surface area contributed by atoms with Crippen LogP contribution < -0.4 is 5.32 Å². The van der Waals surface area contributed by atoms with E-state index in [1.165, 1.54) is 5.56 Å². The van der Waals surface area contributed by atoms with E-state index in [2.05, 4.69) is 31.3 Å². The zero-order valence-corrected chi connectivity index (χ0v) is 12.0. The standard InChI is InChI=1S/C16H24N2O/c1-13-8-11-18(12-9-13)16(19)7-10-17-15-6-4-3-5-14(15)2/h3-6,13,17H,7-12H2,1-2H3. The third kappa shape index (κ3) is 3.98. The van der Waals surface area contributed by atoms with E-state index in [0.29, 0.717) is 6.42 Å². The first-order chi connectivity index (χ1) is 9.16. The molecule has 0 bridgehead atoms. The van der Waals surface area contributed by atoms with E-state index in [1.807, 2.05) is 17.0 Å². The van der Waals surface area contributed by atoms with Gasteiger partial charge < -0.3 is 10.2 Å². The highest BCUT2D eigenvalue weighted by molar-refractivity contribution is 5.76. The van der Waals surface area contributed by atoms with Crippen LogP contribution in [-0.4, -0.2) is 30.4 Å². The first-order valence-corrected chi connectivity index (χ1v) is 7.24.